The molecular formula is C19H29N5O2S2. The van der Waals surface area contributed by atoms with Crippen LogP contribution in [-0.4, -0.2) is 44.7 Å². The molecule has 1 aromatic carbocycles. The van der Waals surface area contributed by atoms with Gasteiger partial charge in [-0.3, -0.25) is 4.99 Å². The number of sulfonamides is 1. The van der Waals surface area contributed by atoms with Crippen LogP contribution in [0.3, 0.4) is 0 Å². The Hall–Kier alpha value is -1.97. The fraction of sp³-hybridized carbons (Fsp3) is 0.474. The minimum Gasteiger partial charge on any atom is -0.357 e. The second kappa shape index (κ2) is 11.8. The van der Waals surface area contributed by atoms with Gasteiger partial charge in [-0.15, -0.1) is 11.3 Å². The van der Waals surface area contributed by atoms with Gasteiger partial charge in [0.2, 0.25) is 10.0 Å². The van der Waals surface area contributed by atoms with Crippen LogP contribution >= 0.6 is 11.3 Å². The van der Waals surface area contributed by atoms with Gasteiger partial charge < -0.3 is 10.6 Å². The highest BCUT2D eigenvalue weighted by atomic mass is 32.2. The van der Waals surface area contributed by atoms with Gasteiger partial charge >= 0.3 is 0 Å². The summed E-state index contributed by atoms with van der Waals surface area (Å²) in [6.07, 6.45) is 3.74. The number of hydrogen-bond donors (Lipinski definition) is 3. The Morgan fingerprint density at radius 3 is 2.64 bits per heavy atom. The molecule has 0 aliphatic carbocycles. The molecule has 154 valence electrons. The number of benzene rings is 1. The molecule has 0 spiro atoms. The fourth-order valence-corrected chi connectivity index (χ4v) is 4.12. The normalized spacial score (nSPS) is 12.1. The van der Waals surface area contributed by atoms with Crippen molar-refractivity contribution in [1.29, 1.82) is 0 Å². The molecule has 28 heavy (non-hydrogen) atoms. The molecule has 0 bridgehead atoms. The summed E-state index contributed by atoms with van der Waals surface area (Å²) >= 11 is 1.72. The maximum atomic E-state index is 12.1. The predicted molar refractivity (Wildman–Crippen MR) is 116 cm³/mol. The summed E-state index contributed by atoms with van der Waals surface area (Å²) in [4.78, 5) is 10.0. The Morgan fingerprint density at radius 1 is 1.18 bits per heavy atom. The molecule has 0 saturated carbocycles. The van der Waals surface area contributed by atoms with Crippen LogP contribution in [-0.2, 0) is 29.4 Å². The topological polar surface area (TPSA) is 95.5 Å². The molecule has 7 nitrogen and oxygen atoms in total. The van der Waals surface area contributed by atoms with E-state index in [2.05, 4.69) is 32.3 Å². The van der Waals surface area contributed by atoms with Crippen molar-refractivity contribution in [2.45, 2.75) is 33.2 Å². The molecule has 2 rings (SSSR count). The van der Waals surface area contributed by atoms with E-state index >= 15 is 0 Å². The van der Waals surface area contributed by atoms with Crippen molar-refractivity contribution in [3.63, 3.8) is 0 Å². The minimum absolute atomic E-state index is 0.0528. The van der Waals surface area contributed by atoms with E-state index in [1.54, 1.807) is 11.3 Å². The van der Waals surface area contributed by atoms with Gasteiger partial charge in [-0.05, 0) is 18.9 Å². The smallest absolute Gasteiger partial charge is 0.213 e. The van der Waals surface area contributed by atoms with E-state index in [9.17, 15) is 8.42 Å². The van der Waals surface area contributed by atoms with E-state index in [4.69, 9.17) is 0 Å². The molecule has 0 unspecified atom stereocenters. The number of aromatic nitrogens is 1. The average Bonchev–Trinajstić information content (AvgIpc) is 3.15. The van der Waals surface area contributed by atoms with E-state index < -0.39 is 10.0 Å². The molecule has 0 atom stereocenters. The second-order valence-corrected chi connectivity index (χ2v) is 9.26. The number of rotatable bonds is 11. The van der Waals surface area contributed by atoms with Crippen molar-refractivity contribution in [2.24, 2.45) is 4.99 Å². The lowest BCUT2D eigenvalue weighted by Crippen LogP contribution is -2.39. The van der Waals surface area contributed by atoms with Crippen molar-refractivity contribution in [3.05, 3.63) is 52.0 Å². The summed E-state index contributed by atoms with van der Waals surface area (Å²) in [6, 6.07) is 9.45. The monoisotopic (exact) mass is 423 g/mol. The van der Waals surface area contributed by atoms with Crippen LogP contribution in [0.25, 0.3) is 0 Å². The van der Waals surface area contributed by atoms with Crippen LogP contribution in [0.2, 0.25) is 0 Å². The highest BCUT2D eigenvalue weighted by molar-refractivity contribution is 7.89. The van der Waals surface area contributed by atoms with E-state index in [0.717, 1.165) is 23.4 Å². The lowest BCUT2D eigenvalue weighted by molar-refractivity contribution is 0.581. The van der Waals surface area contributed by atoms with E-state index in [1.165, 1.54) is 4.88 Å². The second-order valence-electron chi connectivity index (χ2n) is 6.14. The molecule has 0 aliphatic heterocycles. The number of nitrogens with zero attached hydrogens (tertiary/aromatic N) is 2. The van der Waals surface area contributed by atoms with E-state index in [0.29, 0.717) is 25.6 Å². The Labute approximate surface area is 171 Å². The first-order valence-corrected chi connectivity index (χ1v) is 12.0. The van der Waals surface area contributed by atoms with Gasteiger partial charge in [-0.25, -0.2) is 18.1 Å². The summed E-state index contributed by atoms with van der Waals surface area (Å²) in [6.45, 7) is 5.98. The van der Waals surface area contributed by atoms with E-state index in [-0.39, 0.29) is 12.3 Å². The minimum atomic E-state index is -3.38. The summed E-state index contributed by atoms with van der Waals surface area (Å²) in [5.74, 6) is 0.566. The Kier molecular flexibility index (Phi) is 9.39. The molecule has 9 heteroatoms. The number of thiazole rings is 1. The molecule has 0 radical (unpaired) electrons. The van der Waals surface area contributed by atoms with Gasteiger partial charge in [0.15, 0.2) is 5.96 Å². The molecular weight excluding hydrogens is 394 g/mol. The van der Waals surface area contributed by atoms with Crippen molar-refractivity contribution >= 4 is 27.3 Å². The van der Waals surface area contributed by atoms with Gasteiger partial charge in [-0.1, -0.05) is 37.3 Å². The zero-order valence-electron chi connectivity index (χ0n) is 16.4. The average molecular weight is 424 g/mol. The maximum absolute atomic E-state index is 12.1. The lowest BCUT2D eigenvalue weighted by atomic mass is 10.2. The predicted octanol–water partition coefficient (Wildman–Crippen LogP) is 1.92. The van der Waals surface area contributed by atoms with Crippen molar-refractivity contribution in [3.8, 4) is 0 Å². The molecule has 3 N–H and O–H groups in total. The SMILES string of the molecule is CCNC(=NCCS(=O)(=O)NCc1ccccc1)NCCc1ncc(CC)s1. The Balaban J connectivity index is 1.77. The lowest BCUT2D eigenvalue weighted by Gasteiger charge is -2.11. The Bertz CT molecular complexity index is 835. The fourth-order valence-electron chi connectivity index (χ4n) is 2.40. The van der Waals surface area contributed by atoms with Crippen LogP contribution in [0.5, 0.6) is 0 Å². The third kappa shape index (κ3) is 8.37. The van der Waals surface area contributed by atoms with E-state index in [1.807, 2.05) is 43.5 Å². The van der Waals surface area contributed by atoms with Crippen molar-refractivity contribution in [2.75, 3.05) is 25.4 Å². The first-order chi connectivity index (χ1) is 13.5. The van der Waals surface area contributed by atoms with Gasteiger partial charge in [0.25, 0.3) is 0 Å². The van der Waals surface area contributed by atoms with Crippen LogP contribution in [0.1, 0.15) is 29.3 Å². The van der Waals surface area contributed by atoms with Gasteiger partial charge in [0, 0.05) is 37.1 Å². The zero-order chi connectivity index (χ0) is 20.2. The summed E-state index contributed by atoms with van der Waals surface area (Å²) in [7, 11) is -3.38. The van der Waals surface area contributed by atoms with Gasteiger partial charge in [0.05, 0.1) is 17.3 Å². The molecule has 0 fully saturated rings. The summed E-state index contributed by atoms with van der Waals surface area (Å²) in [5, 5.41) is 7.46. The molecule has 0 saturated heterocycles. The first kappa shape index (κ1) is 22.3. The standard InChI is InChI=1S/C19H29N5O2S2/c1-3-17-15-23-18(27-17)10-11-21-19(20-4-2)22-12-13-28(25,26)24-14-16-8-6-5-7-9-16/h5-9,15,24H,3-4,10-14H2,1-2H3,(H2,20,21,22). The summed E-state index contributed by atoms with van der Waals surface area (Å²) < 4.78 is 26.9. The molecule has 0 aliphatic rings. The van der Waals surface area contributed by atoms with Crippen LogP contribution in [0.4, 0.5) is 0 Å². The Morgan fingerprint density at radius 2 is 1.96 bits per heavy atom. The number of guanidine groups is 1. The van der Waals surface area contributed by atoms with Crippen LogP contribution in [0.15, 0.2) is 41.5 Å². The van der Waals surface area contributed by atoms with Crippen LogP contribution < -0.4 is 15.4 Å². The van der Waals surface area contributed by atoms with Crippen molar-refractivity contribution < 1.29 is 8.42 Å². The van der Waals surface area contributed by atoms with Crippen molar-refractivity contribution in [1.82, 2.24) is 20.3 Å². The van der Waals surface area contributed by atoms with Gasteiger partial charge in [-0.2, -0.15) is 0 Å². The van der Waals surface area contributed by atoms with Gasteiger partial charge in [0.1, 0.15) is 0 Å². The highest BCUT2D eigenvalue weighted by Gasteiger charge is 2.09. The highest BCUT2D eigenvalue weighted by Crippen LogP contribution is 2.13. The number of hydrogen-bond acceptors (Lipinski definition) is 5. The molecule has 1 aromatic heterocycles. The number of aliphatic imine (C=N–C) groups is 1. The zero-order valence-corrected chi connectivity index (χ0v) is 18.1. The largest absolute Gasteiger partial charge is 0.357 e. The number of aryl methyl sites for hydroxylation is 1. The third-order valence-corrected chi connectivity index (χ3v) is 6.40. The quantitative estimate of drug-likeness (QED) is 0.379. The van der Waals surface area contributed by atoms with Crippen LogP contribution in [0, 0.1) is 0 Å². The maximum Gasteiger partial charge on any atom is 0.213 e. The third-order valence-electron chi connectivity index (χ3n) is 3.89. The molecule has 0 amide bonds. The number of nitrogens with one attached hydrogen (secondary N) is 3. The molecule has 1 heterocycles. The first-order valence-electron chi connectivity index (χ1n) is 9.49. The summed E-state index contributed by atoms with van der Waals surface area (Å²) in [5.41, 5.74) is 0.929. The molecule has 2 aromatic rings.